The number of carbonyl (C=O) groups excluding carboxylic acids is 2. The van der Waals surface area contributed by atoms with Crippen molar-refractivity contribution in [1.82, 2.24) is 4.98 Å². The smallest absolute Gasteiger partial charge is 0.265 e. The van der Waals surface area contributed by atoms with Crippen LogP contribution >= 0.6 is 11.3 Å². The van der Waals surface area contributed by atoms with E-state index in [-0.39, 0.29) is 11.8 Å². The van der Waals surface area contributed by atoms with Gasteiger partial charge in [0.15, 0.2) is 0 Å². The highest BCUT2D eigenvalue weighted by Crippen LogP contribution is 2.18. The second-order valence-electron chi connectivity index (χ2n) is 5.88. The number of nitrogens with one attached hydrogen (secondary N) is 2. The van der Waals surface area contributed by atoms with Crippen LogP contribution in [0.2, 0.25) is 0 Å². The molecule has 2 aromatic heterocycles. The lowest BCUT2D eigenvalue weighted by Crippen LogP contribution is -2.13. The Morgan fingerprint density at radius 2 is 1.59 bits per heavy atom. The number of hydrogen-bond donors (Lipinski definition) is 2. The first kappa shape index (κ1) is 16.9. The molecule has 0 aliphatic carbocycles. The first-order valence-electron chi connectivity index (χ1n) is 8.30. The predicted molar refractivity (Wildman–Crippen MR) is 108 cm³/mol. The number of amides is 2. The number of fused-ring (bicyclic) bond motifs is 1. The van der Waals surface area contributed by atoms with Gasteiger partial charge in [-0.2, -0.15) is 0 Å². The molecule has 6 heteroatoms. The van der Waals surface area contributed by atoms with Gasteiger partial charge in [-0.05, 0) is 47.8 Å². The van der Waals surface area contributed by atoms with Gasteiger partial charge in [0.05, 0.1) is 22.3 Å². The van der Waals surface area contributed by atoms with Crippen LogP contribution < -0.4 is 10.6 Å². The van der Waals surface area contributed by atoms with Gasteiger partial charge in [0, 0.05) is 16.6 Å². The fourth-order valence-corrected chi connectivity index (χ4v) is 3.27. The van der Waals surface area contributed by atoms with Crippen molar-refractivity contribution in [3.63, 3.8) is 0 Å². The Bertz CT molecular complexity index is 1110. The van der Waals surface area contributed by atoms with E-state index in [1.54, 1.807) is 36.5 Å². The number of para-hydroxylation sites is 1. The van der Waals surface area contributed by atoms with Crippen LogP contribution in [0.25, 0.3) is 10.9 Å². The minimum absolute atomic E-state index is 0.163. The second-order valence-corrected chi connectivity index (χ2v) is 6.83. The van der Waals surface area contributed by atoms with E-state index in [9.17, 15) is 9.59 Å². The van der Waals surface area contributed by atoms with Crippen molar-refractivity contribution in [2.45, 2.75) is 0 Å². The minimum Gasteiger partial charge on any atom is -0.321 e. The van der Waals surface area contributed by atoms with Gasteiger partial charge in [0.2, 0.25) is 0 Å². The molecule has 4 rings (SSSR count). The molecule has 2 aromatic carbocycles. The molecule has 0 bridgehead atoms. The quantitative estimate of drug-likeness (QED) is 0.540. The average Bonchev–Trinajstić information content (AvgIpc) is 3.23. The van der Waals surface area contributed by atoms with Crippen LogP contribution in [0, 0.1) is 0 Å². The molecule has 0 unspecified atom stereocenters. The molecule has 5 nitrogen and oxygen atoms in total. The largest absolute Gasteiger partial charge is 0.321 e. The molecule has 2 heterocycles. The Hall–Kier alpha value is -3.51. The number of nitrogens with zero attached hydrogens (tertiary/aromatic N) is 1. The highest BCUT2D eigenvalue weighted by Gasteiger charge is 2.09. The lowest BCUT2D eigenvalue weighted by Gasteiger charge is -2.08. The zero-order valence-corrected chi connectivity index (χ0v) is 15.0. The van der Waals surface area contributed by atoms with E-state index in [2.05, 4.69) is 15.6 Å². The number of hydrogen-bond acceptors (Lipinski definition) is 4. The van der Waals surface area contributed by atoms with Crippen LogP contribution in [0.4, 0.5) is 11.4 Å². The number of carbonyl (C=O) groups is 2. The number of benzene rings is 2. The summed E-state index contributed by atoms with van der Waals surface area (Å²) in [6, 6.07) is 20.0. The monoisotopic (exact) mass is 373 g/mol. The molecule has 0 radical (unpaired) electrons. The van der Waals surface area contributed by atoms with Gasteiger partial charge in [0.25, 0.3) is 11.8 Å². The summed E-state index contributed by atoms with van der Waals surface area (Å²) in [6.45, 7) is 0. The van der Waals surface area contributed by atoms with Crippen molar-refractivity contribution in [3.05, 3.63) is 88.7 Å². The second kappa shape index (κ2) is 7.39. The summed E-state index contributed by atoms with van der Waals surface area (Å²) in [6.07, 6.45) is 1.63. The van der Waals surface area contributed by atoms with E-state index in [0.717, 1.165) is 10.9 Å². The van der Waals surface area contributed by atoms with Crippen molar-refractivity contribution in [1.29, 1.82) is 0 Å². The first-order valence-corrected chi connectivity index (χ1v) is 9.18. The number of rotatable bonds is 4. The summed E-state index contributed by atoms with van der Waals surface area (Å²) >= 11 is 1.38. The molecule has 0 saturated heterocycles. The zero-order chi connectivity index (χ0) is 18.6. The van der Waals surface area contributed by atoms with Crippen LogP contribution in [-0.4, -0.2) is 16.8 Å². The number of aromatic nitrogens is 1. The van der Waals surface area contributed by atoms with E-state index >= 15 is 0 Å². The topological polar surface area (TPSA) is 71.1 Å². The van der Waals surface area contributed by atoms with Gasteiger partial charge in [-0.1, -0.05) is 24.3 Å². The Morgan fingerprint density at radius 3 is 2.37 bits per heavy atom. The third kappa shape index (κ3) is 3.86. The third-order valence-corrected chi connectivity index (χ3v) is 4.87. The molecule has 0 spiro atoms. The molecule has 2 amide bonds. The van der Waals surface area contributed by atoms with Crippen molar-refractivity contribution < 1.29 is 9.59 Å². The number of thiophene rings is 1. The molecule has 0 aliphatic rings. The fraction of sp³-hybridized carbons (Fsp3) is 0. The molecular weight excluding hydrogens is 358 g/mol. The van der Waals surface area contributed by atoms with Crippen molar-refractivity contribution >= 4 is 45.4 Å². The highest BCUT2D eigenvalue weighted by molar-refractivity contribution is 7.12. The average molecular weight is 373 g/mol. The highest BCUT2D eigenvalue weighted by atomic mass is 32.1. The Balaban J connectivity index is 1.44. The van der Waals surface area contributed by atoms with Crippen molar-refractivity contribution in [2.75, 3.05) is 10.6 Å². The number of anilines is 2. The first-order chi connectivity index (χ1) is 13.2. The number of pyridine rings is 1. The molecule has 2 N–H and O–H groups in total. The van der Waals surface area contributed by atoms with Crippen LogP contribution in [0.5, 0.6) is 0 Å². The summed E-state index contributed by atoms with van der Waals surface area (Å²) in [4.78, 5) is 29.5. The molecule has 27 heavy (non-hydrogen) atoms. The Morgan fingerprint density at radius 1 is 0.815 bits per heavy atom. The summed E-state index contributed by atoms with van der Waals surface area (Å²) in [5, 5.41) is 8.47. The SMILES string of the molecule is O=C(Nc1cnc2ccccc2c1)c1ccc(NC(=O)c2cccs2)cc1. The van der Waals surface area contributed by atoms with Gasteiger partial charge < -0.3 is 10.6 Å². The van der Waals surface area contributed by atoms with E-state index in [1.165, 1.54) is 11.3 Å². The zero-order valence-electron chi connectivity index (χ0n) is 14.2. The van der Waals surface area contributed by atoms with Crippen LogP contribution in [0.3, 0.4) is 0 Å². The van der Waals surface area contributed by atoms with Crippen LogP contribution in [0.1, 0.15) is 20.0 Å². The van der Waals surface area contributed by atoms with E-state index < -0.39 is 0 Å². The Labute approximate surface area is 159 Å². The molecule has 0 fully saturated rings. The van der Waals surface area contributed by atoms with Gasteiger partial charge in [0.1, 0.15) is 0 Å². The molecule has 0 aliphatic heterocycles. The van der Waals surface area contributed by atoms with Crippen molar-refractivity contribution in [2.24, 2.45) is 0 Å². The van der Waals surface area contributed by atoms with Gasteiger partial charge in [-0.15, -0.1) is 11.3 Å². The lowest BCUT2D eigenvalue weighted by atomic mass is 10.1. The maximum absolute atomic E-state index is 12.4. The summed E-state index contributed by atoms with van der Waals surface area (Å²) in [7, 11) is 0. The molecule has 132 valence electrons. The fourth-order valence-electron chi connectivity index (χ4n) is 2.65. The minimum atomic E-state index is -0.233. The normalized spacial score (nSPS) is 10.5. The van der Waals surface area contributed by atoms with E-state index in [0.29, 0.717) is 21.8 Å². The predicted octanol–water partition coefficient (Wildman–Crippen LogP) is 4.80. The van der Waals surface area contributed by atoms with E-state index in [4.69, 9.17) is 0 Å². The van der Waals surface area contributed by atoms with Crippen LogP contribution in [-0.2, 0) is 0 Å². The Kier molecular flexibility index (Phi) is 4.63. The maximum Gasteiger partial charge on any atom is 0.265 e. The molecule has 0 saturated carbocycles. The van der Waals surface area contributed by atoms with Gasteiger partial charge in [-0.25, -0.2) is 0 Å². The molecule has 0 atom stereocenters. The standard InChI is InChI=1S/C21H15N3O2S/c25-20(24-17-12-15-4-1-2-5-18(15)22-13-17)14-7-9-16(10-8-14)23-21(26)19-6-3-11-27-19/h1-13H,(H,23,26)(H,24,25). The third-order valence-electron chi connectivity index (χ3n) is 4.00. The maximum atomic E-state index is 12.4. The lowest BCUT2D eigenvalue weighted by molar-refractivity contribution is 0.102. The summed E-state index contributed by atoms with van der Waals surface area (Å²) < 4.78 is 0. The molecular formula is C21H15N3O2S. The summed E-state index contributed by atoms with van der Waals surface area (Å²) in [5.41, 5.74) is 2.64. The van der Waals surface area contributed by atoms with Crippen LogP contribution in [0.15, 0.2) is 78.3 Å². The van der Waals surface area contributed by atoms with E-state index in [1.807, 2.05) is 41.8 Å². The molecule has 4 aromatic rings. The van der Waals surface area contributed by atoms with Gasteiger partial charge >= 0.3 is 0 Å². The summed E-state index contributed by atoms with van der Waals surface area (Å²) in [5.74, 6) is -0.396. The van der Waals surface area contributed by atoms with Gasteiger partial charge in [-0.3, -0.25) is 14.6 Å². The van der Waals surface area contributed by atoms with Crippen molar-refractivity contribution in [3.8, 4) is 0 Å².